The van der Waals surface area contributed by atoms with Gasteiger partial charge in [0.1, 0.15) is 5.70 Å². The molecule has 1 aromatic carbocycles. The highest BCUT2D eigenvalue weighted by Crippen LogP contribution is 2.34. The van der Waals surface area contributed by atoms with E-state index in [4.69, 9.17) is 21.1 Å². The number of piperazine rings is 1. The van der Waals surface area contributed by atoms with Gasteiger partial charge >= 0.3 is 11.9 Å². The Hall–Kier alpha value is -3.26. The van der Waals surface area contributed by atoms with Crippen molar-refractivity contribution in [1.82, 2.24) is 4.90 Å². The van der Waals surface area contributed by atoms with E-state index in [0.29, 0.717) is 36.9 Å². The molecule has 1 aromatic rings. The molecule has 0 bridgehead atoms. The fourth-order valence-electron chi connectivity index (χ4n) is 3.80. The van der Waals surface area contributed by atoms with Crippen LogP contribution in [0.5, 0.6) is 0 Å². The highest BCUT2D eigenvalue weighted by atomic mass is 35.5. The normalized spacial score (nSPS) is 16.2. The monoisotopic (exact) mass is 473 g/mol. The summed E-state index contributed by atoms with van der Waals surface area (Å²) in [5.74, 6) is -1.21. The van der Waals surface area contributed by atoms with E-state index < -0.39 is 11.9 Å². The Morgan fingerprint density at radius 3 is 2.21 bits per heavy atom. The largest absolute Gasteiger partial charge is 0.465 e. The van der Waals surface area contributed by atoms with Crippen molar-refractivity contribution in [2.45, 2.75) is 13.8 Å². The minimum Gasteiger partial charge on any atom is -0.465 e. The van der Waals surface area contributed by atoms with Crippen LogP contribution in [0.15, 0.2) is 53.9 Å². The van der Waals surface area contributed by atoms with E-state index in [1.54, 1.807) is 29.3 Å². The second kappa shape index (κ2) is 10.6. The molecule has 0 spiro atoms. The third-order valence-electron chi connectivity index (χ3n) is 5.52. The lowest BCUT2D eigenvalue weighted by molar-refractivity contribution is -0.139. The summed E-state index contributed by atoms with van der Waals surface area (Å²) in [7, 11) is 2.50. The Morgan fingerprint density at radius 2 is 1.64 bits per heavy atom. The lowest BCUT2D eigenvalue weighted by Crippen LogP contribution is -2.50. The van der Waals surface area contributed by atoms with Gasteiger partial charge in [-0.15, -0.1) is 0 Å². The van der Waals surface area contributed by atoms with Gasteiger partial charge in [-0.25, -0.2) is 9.59 Å². The highest BCUT2D eigenvalue weighted by molar-refractivity contribution is 6.33. The summed E-state index contributed by atoms with van der Waals surface area (Å²) in [6.07, 6.45) is 6.50. The molecule has 0 N–H and O–H groups in total. The number of carbonyl (C=O) groups is 3. The van der Waals surface area contributed by atoms with Gasteiger partial charge in [0.2, 0.25) is 5.91 Å². The van der Waals surface area contributed by atoms with E-state index in [-0.39, 0.29) is 23.1 Å². The minimum atomic E-state index is -0.683. The number of nitrogens with zero attached hydrogens (tertiary/aromatic N) is 3. The third kappa shape index (κ3) is 5.22. The molecule has 1 amide bonds. The number of rotatable bonds is 5. The van der Waals surface area contributed by atoms with Crippen LogP contribution in [0.2, 0.25) is 5.02 Å². The molecule has 0 atom stereocenters. The highest BCUT2D eigenvalue weighted by Gasteiger charge is 2.28. The molecule has 33 heavy (non-hydrogen) atoms. The number of ether oxygens (including phenoxy) is 2. The van der Waals surface area contributed by atoms with Crippen molar-refractivity contribution < 1.29 is 23.9 Å². The predicted molar refractivity (Wildman–Crippen MR) is 127 cm³/mol. The Balaban J connectivity index is 1.89. The summed E-state index contributed by atoms with van der Waals surface area (Å²) in [6.45, 7) is 6.41. The van der Waals surface area contributed by atoms with Crippen molar-refractivity contribution in [2.75, 3.05) is 50.2 Å². The summed E-state index contributed by atoms with van der Waals surface area (Å²) >= 11 is 6.65. The van der Waals surface area contributed by atoms with E-state index >= 15 is 0 Å². The molecule has 0 aromatic heterocycles. The SMILES string of the molecule is COC(=O)C1=C(C(=O)OC)N(c2ccc(N3CCN(C(=O)C(C)C)CC3)c(Cl)c2)C=CC=C1. The number of hydrogen-bond acceptors (Lipinski definition) is 7. The molecule has 0 aliphatic carbocycles. The topological polar surface area (TPSA) is 79.4 Å². The molecule has 0 radical (unpaired) electrons. The van der Waals surface area contributed by atoms with Gasteiger partial charge in [-0.1, -0.05) is 31.5 Å². The minimum absolute atomic E-state index is 0.0254. The van der Waals surface area contributed by atoms with Gasteiger partial charge in [-0.05, 0) is 30.4 Å². The lowest BCUT2D eigenvalue weighted by atomic mass is 10.1. The van der Waals surface area contributed by atoms with Crippen LogP contribution >= 0.6 is 11.6 Å². The van der Waals surface area contributed by atoms with Crippen molar-refractivity contribution in [3.05, 3.63) is 58.9 Å². The summed E-state index contributed by atoms with van der Waals surface area (Å²) in [6, 6.07) is 5.42. The van der Waals surface area contributed by atoms with Gasteiger partial charge < -0.3 is 24.2 Å². The van der Waals surface area contributed by atoms with Gasteiger partial charge in [0.25, 0.3) is 0 Å². The maximum atomic E-state index is 12.6. The second-order valence-electron chi connectivity index (χ2n) is 7.92. The molecule has 2 heterocycles. The van der Waals surface area contributed by atoms with Gasteiger partial charge in [-0.2, -0.15) is 0 Å². The fourth-order valence-corrected chi connectivity index (χ4v) is 4.09. The Morgan fingerprint density at radius 1 is 0.970 bits per heavy atom. The molecule has 1 saturated heterocycles. The number of anilines is 2. The standard InChI is InChI=1S/C24H28ClN3O5/c1-16(2)22(29)27-13-11-26(12-14-27)20-9-8-17(15-19(20)25)28-10-6-5-7-18(23(30)32-3)21(28)24(31)33-4/h5-10,15-16H,11-14H2,1-4H3. The summed E-state index contributed by atoms with van der Waals surface area (Å²) in [4.78, 5) is 42.7. The maximum Gasteiger partial charge on any atom is 0.355 e. The Bertz CT molecular complexity index is 1020. The zero-order chi connectivity index (χ0) is 24.1. The average Bonchev–Trinajstić information content (AvgIpc) is 3.05. The lowest BCUT2D eigenvalue weighted by Gasteiger charge is -2.37. The quantitative estimate of drug-likeness (QED) is 0.608. The first-order valence-electron chi connectivity index (χ1n) is 10.7. The molecule has 2 aliphatic rings. The van der Waals surface area contributed by atoms with Crippen molar-refractivity contribution >= 4 is 40.8 Å². The molecule has 9 heteroatoms. The molecule has 1 fully saturated rings. The number of allylic oxidation sites excluding steroid dienone is 2. The summed E-state index contributed by atoms with van der Waals surface area (Å²) < 4.78 is 9.78. The molecule has 0 unspecified atom stereocenters. The molecule has 3 rings (SSSR count). The van der Waals surface area contributed by atoms with E-state index in [1.807, 2.05) is 30.9 Å². The fraction of sp³-hybridized carbons (Fsp3) is 0.375. The number of hydrogen-bond donors (Lipinski definition) is 0. The van der Waals surface area contributed by atoms with Crippen LogP contribution in [0.1, 0.15) is 13.8 Å². The van der Waals surface area contributed by atoms with Crippen LogP contribution < -0.4 is 9.80 Å². The Kier molecular flexibility index (Phi) is 7.81. The van der Waals surface area contributed by atoms with Crippen LogP contribution in [0, 0.1) is 5.92 Å². The van der Waals surface area contributed by atoms with Crippen LogP contribution in [0.4, 0.5) is 11.4 Å². The number of esters is 2. The van der Waals surface area contributed by atoms with Crippen LogP contribution in [0.25, 0.3) is 0 Å². The number of amides is 1. The Labute approximate surface area is 198 Å². The predicted octanol–water partition coefficient (Wildman–Crippen LogP) is 3.13. The van der Waals surface area contributed by atoms with Crippen LogP contribution in [-0.2, 0) is 23.9 Å². The smallest absolute Gasteiger partial charge is 0.355 e. The number of halogens is 1. The van der Waals surface area contributed by atoms with Crippen molar-refractivity contribution in [2.24, 2.45) is 5.92 Å². The average molecular weight is 474 g/mol. The number of carbonyl (C=O) groups excluding carboxylic acids is 3. The van der Waals surface area contributed by atoms with Gasteiger partial charge in [0.05, 0.1) is 30.5 Å². The van der Waals surface area contributed by atoms with Gasteiger partial charge in [0.15, 0.2) is 0 Å². The van der Waals surface area contributed by atoms with E-state index in [9.17, 15) is 14.4 Å². The molecular weight excluding hydrogens is 446 g/mol. The maximum absolute atomic E-state index is 12.6. The number of methoxy groups -OCH3 is 2. The van der Waals surface area contributed by atoms with Crippen molar-refractivity contribution in [1.29, 1.82) is 0 Å². The molecular formula is C24H28ClN3O5. The second-order valence-corrected chi connectivity index (χ2v) is 8.33. The van der Waals surface area contributed by atoms with Gasteiger partial charge in [-0.3, -0.25) is 4.79 Å². The first kappa shape index (κ1) is 24.4. The third-order valence-corrected chi connectivity index (χ3v) is 5.83. The van der Waals surface area contributed by atoms with E-state index in [1.165, 1.54) is 20.3 Å². The summed E-state index contributed by atoms with van der Waals surface area (Å²) in [5, 5.41) is 0.491. The molecule has 2 aliphatic heterocycles. The molecule has 176 valence electrons. The zero-order valence-corrected chi connectivity index (χ0v) is 20.0. The van der Waals surface area contributed by atoms with E-state index in [2.05, 4.69) is 4.90 Å². The first-order chi connectivity index (χ1) is 15.8. The van der Waals surface area contributed by atoms with Crippen molar-refractivity contribution in [3.8, 4) is 0 Å². The van der Waals surface area contributed by atoms with Gasteiger partial charge in [0, 0.05) is 44.0 Å². The van der Waals surface area contributed by atoms with Crippen LogP contribution in [-0.4, -0.2) is 63.1 Å². The zero-order valence-electron chi connectivity index (χ0n) is 19.2. The number of benzene rings is 1. The van der Waals surface area contributed by atoms with Crippen LogP contribution in [0.3, 0.4) is 0 Å². The molecule has 8 nitrogen and oxygen atoms in total. The first-order valence-corrected chi connectivity index (χ1v) is 11.0. The summed E-state index contributed by atoms with van der Waals surface area (Å²) in [5.41, 5.74) is 1.52. The molecule has 0 saturated carbocycles. The van der Waals surface area contributed by atoms with Crippen molar-refractivity contribution in [3.63, 3.8) is 0 Å². The van der Waals surface area contributed by atoms with E-state index in [0.717, 1.165) is 5.69 Å².